The number of rotatable bonds is 9. The number of hydrogen-bond acceptors (Lipinski definition) is 4. The first-order valence-electron chi connectivity index (χ1n) is 8.07. The Labute approximate surface area is 135 Å². The van der Waals surface area contributed by atoms with Crippen LogP contribution in [0.5, 0.6) is 0 Å². The minimum absolute atomic E-state index is 0.00797. The molecular formula is C16H33N3O3. The third-order valence-corrected chi connectivity index (χ3v) is 2.38. The number of nitrogens with zero attached hydrogens (tertiary/aromatic N) is 2. The smallest absolute Gasteiger partial charge is 0.222 e. The largest absolute Gasteiger partial charge is 0.379 e. The lowest BCUT2D eigenvalue weighted by Crippen LogP contribution is -2.20. The predicted molar refractivity (Wildman–Crippen MR) is 90.0 cm³/mol. The summed E-state index contributed by atoms with van der Waals surface area (Å²) in [5, 5.41) is 2.54. The molecule has 1 rings (SSSR count). The molecule has 22 heavy (non-hydrogen) atoms. The van der Waals surface area contributed by atoms with Gasteiger partial charge in [-0.2, -0.15) is 0 Å². The van der Waals surface area contributed by atoms with Crippen LogP contribution in [0.2, 0.25) is 0 Å². The maximum Gasteiger partial charge on any atom is 0.222 e. The Kier molecular flexibility index (Phi) is 18.4. The molecule has 1 amide bonds. The zero-order valence-electron chi connectivity index (χ0n) is 15.0. The van der Waals surface area contributed by atoms with Crippen molar-refractivity contribution in [3.63, 3.8) is 0 Å². The highest BCUT2D eigenvalue weighted by Gasteiger charge is 1.97. The molecule has 1 heterocycles. The molecule has 0 atom stereocenters. The average Bonchev–Trinajstić information content (AvgIpc) is 2.99. The quantitative estimate of drug-likeness (QED) is 0.711. The molecule has 0 unspecified atom stereocenters. The summed E-state index contributed by atoms with van der Waals surface area (Å²) in [4.78, 5) is 15.0. The summed E-state index contributed by atoms with van der Waals surface area (Å²) >= 11 is 0. The second kappa shape index (κ2) is 17.7. The zero-order valence-corrected chi connectivity index (χ0v) is 15.0. The Morgan fingerprint density at radius 1 is 1.14 bits per heavy atom. The Balaban J connectivity index is 0. The molecule has 0 aliphatic rings. The predicted octanol–water partition coefficient (Wildman–Crippen LogP) is 2.41. The number of carbonyl (C=O) groups excluding carboxylic acids is 1. The van der Waals surface area contributed by atoms with Crippen LogP contribution in [0.1, 0.15) is 39.8 Å². The molecule has 0 aliphatic heterocycles. The third kappa shape index (κ3) is 13.6. The highest BCUT2D eigenvalue weighted by Crippen LogP contribution is 1.93. The van der Waals surface area contributed by atoms with Gasteiger partial charge in [0, 0.05) is 26.2 Å². The van der Waals surface area contributed by atoms with Crippen molar-refractivity contribution in [3.8, 4) is 0 Å². The van der Waals surface area contributed by atoms with Crippen LogP contribution in [-0.4, -0.2) is 48.9 Å². The zero-order chi connectivity index (χ0) is 17.2. The van der Waals surface area contributed by atoms with Crippen LogP contribution in [-0.2, 0) is 20.8 Å². The summed E-state index contributed by atoms with van der Waals surface area (Å²) in [5.41, 5.74) is 1.01. The van der Waals surface area contributed by atoms with Gasteiger partial charge < -0.3 is 19.4 Å². The van der Waals surface area contributed by atoms with E-state index in [2.05, 4.69) is 10.3 Å². The van der Waals surface area contributed by atoms with Gasteiger partial charge in [0.15, 0.2) is 0 Å². The van der Waals surface area contributed by atoms with E-state index in [9.17, 15) is 4.79 Å². The molecule has 0 saturated heterocycles. The van der Waals surface area contributed by atoms with Crippen molar-refractivity contribution in [1.82, 2.24) is 14.9 Å². The summed E-state index contributed by atoms with van der Waals surface area (Å²) in [6.45, 7) is 12.9. The fourth-order valence-corrected chi connectivity index (χ4v) is 1.38. The molecule has 130 valence electrons. The highest BCUT2D eigenvalue weighted by atomic mass is 16.5. The summed E-state index contributed by atoms with van der Waals surface area (Å²) in [6.07, 6.45) is 4.16. The average molecular weight is 315 g/mol. The van der Waals surface area contributed by atoms with Crippen molar-refractivity contribution in [2.45, 2.75) is 47.6 Å². The van der Waals surface area contributed by atoms with E-state index in [1.807, 2.05) is 45.4 Å². The van der Waals surface area contributed by atoms with Gasteiger partial charge in [0.05, 0.1) is 38.4 Å². The minimum atomic E-state index is -0.00797. The first kappa shape index (κ1) is 22.9. The fraction of sp³-hybridized carbons (Fsp3) is 0.750. The fourth-order valence-electron chi connectivity index (χ4n) is 1.38. The molecule has 0 radical (unpaired) electrons. The van der Waals surface area contributed by atoms with Crippen molar-refractivity contribution in [2.75, 3.05) is 33.5 Å². The van der Waals surface area contributed by atoms with Crippen LogP contribution < -0.4 is 5.32 Å². The van der Waals surface area contributed by atoms with Gasteiger partial charge in [-0.15, -0.1) is 0 Å². The van der Waals surface area contributed by atoms with Gasteiger partial charge in [-0.05, 0) is 6.92 Å². The standard InChI is InChI=1S/C12H21N3O3.2C2H6/c1-11-9-15(10-14-11)4-6-18-8-7-17-5-3-12(16)13-2;2*1-2/h9-10H,3-8H2,1-2H3,(H,13,16);2*1-2H3. The van der Waals surface area contributed by atoms with Crippen molar-refractivity contribution in [3.05, 3.63) is 18.2 Å². The first-order valence-corrected chi connectivity index (χ1v) is 8.07. The van der Waals surface area contributed by atoms with Crippen LogP contribution in [0.15, 0.2) is 12.5 Å². The second-order valence-electron chi connectivity index (χ2n) is 3.90. The van der Waals surface area contributed by atoms with Crippen LogP contribution in [0, 0.1) is 6.92 Å². The Morgan fingerprint density at radius 3 is 2.23 bits per heavy atom. The summed E-state index contributed by atoms with van der Waals surface area (Å²) in [5.74, 6) is -0.00797. The van der Waals surface area contributed by atoms with Crippen molar-refractivity contribution in [2.24, 2.45) is 0 Å². The lowest BCUT2D eigenvalue weighted by atomic mass is 10.4. The van der Waals surface area contributed by atoms with E-state index >= 15 is 0 Å². The van der Waals surface area contributed by atoms with E-state index < -0.39 is 0 Å². The molecule has 1 aromatic heterocycles. The Hall–Kier alpha value is -1.40. The summed E-state index contributed by atoms with van der Waals surface area (Å²) in [7, 11) is 1.61. The molecular weight excluding hydrogens is 282 g/mol. The molecule has 1 N–H and O–H groups in total. The topological polar surface area (TPSA) is 65.4 Å². The highest BCUT2D eigenvalue weighted by molar-refractivity contribution is 5.75. The second-order valence-corrected chi connectivity index (χ2v) is 3.90. The van der Waals surface area contributed by atoms with E-state index in [1.54, 1.807) is 13.4 Å². The minimum Gasteiger partial charge on any atom is -0.379 e. The van der Waals surface area contributed by atoms with Gasteiger partial charge in [-0.1, -0.05) is 27.7 Å². The monoisotopic (exact) mass is 315 g/mol. The van der Waals surface area contributed by atoms with Crippen molar-refractivity contribution in [1.29, 1.82) is 0 Å². The third-order valence-electron chi connectivity index (χ3n) is 2.38. The molecule has 0 fully saturated rings. The van der Waals surface area contributed by atoms with Crippen LogP contribution >= 0.6 is 0 Å². The molecule has 1 aromatic rings. The Morgan fingerprint density at radius 2 is 1.73 bits per heavy atom. The maximum atomic E-state index is 10.9. The number of carbonyl (C=O) groups is 1. The van der Waals surface area contributed by atoms with Gasteiger partial charge in [-0.3, -0.25) is 4.79 Å². The number of imidazole rings is 1. The van der Waals surface area contributed by atoms with Crippen molar-refractivity contribution < 1.29 is 14.3 Å². The summed E-state index contributed by atoms with van der Waals surface area (Å²) in [6, 6.07) is 0. The number of ether oxygens (including phenoxy) is 2. The van der Waals surface area contributed by atoms with Gasteiger partial charge >= 0.3 is 0 Å². The van der Waals surface area contributed by atoms with E-state index in [1.165, 1.54) is 0 Å². The first-order chi connectivity index (χ1) is 10.7. The lowest BCUT2D eigenvalue weighted by molar-refractivity contribution is -0.121. The van der Waals surface area contributed by atoms with Gasteiger partial charge in [0.2, 0.25) is 5.91 Å². The van der Waals surface area contributed by atoms with Gasteiger partial charge in [0.1, 0.15) is 0 Å². The lowest BCUT2D eigenvalue weighted by Gasteiger charge is -2.06. The van der Waals surface area contributed by atoms with E-state index in [0.717, 1.165) is 12.2 Å². The normalized spacial score (nSPS) is 9.18. The number of aryl methyl sites for hydroxylation is 1. The van der Waals surface area contributed by atoms with Crippen LogP contribution in [0.4, 0.5) is 0 Å². The van der Waals surface area contributed by atoms with E-state index in [-0.39, 0.29) is 5.91 Å². The van der Waals surface area contributed by atoms with E-state index in [4.69, 9.17) is 9.47 Å². The molecule has 6 heteroatoms. The van der Waals surface area contributed by atoms with Gasteiger partial charge in [-0.25, -0.2) is 4.98 Å². The van der Waals surface area contributed by atoms with Crippen LogP contribution in [0.3, 0.4) is 0 Å². The Bertz CT molecular complexity index is 354. The van der Waals surface area contributed by atoms with Gasteiger partial charge in [0.25, 0.3) is 0 Å². The van der Waals surface area contributed by atoms with Crippen LogP contribution in [0.25, 0.3) is 0 Å². The molecule has 0 aromatic carbocycles. The number of nitrogens with one attached hydrogen (secondary N) is 1. The molecule has 0 bridgehead atoms. The number of aromatic nitrogens is 2. The molecule has 0 aliphatic carbocycles. The molecule has 0 spiro atoms. The molecule has 6 nitrogen and oxygen atoms in total. The maximum absolute atomic E-state index is 10.9. The number of hydrogen-bond donors (Lipinski definition) is 1. The summed E-state index contributed by atoms with van der Waals surface area (Å²) < 4.78 is 12.7. The van der Waals surface area contributed by atoms with Crippen molar-refractivity contribution >= 4 is 5.91 Å². The molecule has 0 saturated carbocycles. The SMILES string of the molecule is CC.CC.CNC(=O)CCOCCOCCn1cnc(C)c1. The number of amides is 1. The van der Waals surface area contributed by atoms with E-state index in [0.29, 0.717) is 32.8 Å².